The van der Waals surface area contributed by atoms with E-state index in [1.54, 1.807) is 0 Å². The van der Waals surface area contributed by atoms with E-state index in [9.17, 15) is 9.59 Å². The predicted octanol–water partition coefficient (Wildman–Crippen LogP) is 1.27. The van der Waals surface area contributed by atoms with Crippen molar-refractivity contribution in [1.82, 2.24) is 20.0 Å². The fourth-order valence-corrected chi connectivity index (χ4v) is 4.81. The molecule has 3 atom stereocenters. The molecule has 2 saturated heterocycles. The normalized spacial score (nSPS) is 26.8. The number of hydrogen-bond donors (Lipinski definition) is 1. The molecular formula is C22H32N4O2. The molecule has 1 aliphatic carbocycles. The molecule has 0 spiro atoms. The summed E-state index contributed by atoms with van der Waals surface area (Å²) in [5, 5.41) is 3.34. The number of nitrogens with zero attached hydrogens (tertiary/aromatic N) is 3. The lowest BCUT2D eigenvalue weighted by Crippen LogP contribution is -2.42. The number of carbonyl (C=O) groups is 2. The van der Waals surface area contributed by atoms with Crippen LogP contribution < -0.4 is 5.32 Å². The summed E-state index contributed by atoms with van der Waals surface area (Å²) in [5.74, 6) is 1.06. The third-order valence-electron chi connectivity index (χ3n) is 6.42. The Balaban J connectivity index is 1.52. The summed E-state index contributed by atoms with van der Waals surface area (Å²) in [6.07, 6.45) is 2.38. The van der Waals surface area contributed by atoms with Gasteiger partial charge in [-0.15, -0.1) is 0 Å². The first-order valence-electron chi connectivity index (χ1n) is 10.4. The average molecular weight is 385 g/mol. The van der Waals surface area contributed by atoms with Crippen molar-refractivity contribution in [2.45, 2.75) is 31.8 Å². The Labute approximate surface area is 167 Å². The highest BCUT2D eigenvalue weighted by atomic mass is 16.2. The molecule has 1 N–H and O–H groups in total. The van der Waals surface area contributed by atoms with Crippen molar-refractivity contribution in [3.05, 3.63) is 35.4 Å². The van der Waals surface area contributed by atoms with E-state index in [0.29, 0.717) is 31.0 Å². The summed E-state index contributed by atoms with van der Waals surface area (Å²) in [4.78, 5) is 31.7. The van der Waals surface area contributed by atoms with Gasteiger partial charge in [0.15, 0.2) is 0 Å². The van der Waals surface area contributed by atoms with Gasteiger partial charge in [-0.2, -0.15) is 0 Å². The molecule has 0 unspecified atom stereocenters. The number of carbonyl (C=O) groups excluding carboxylic acids is 2. The largest absolute Gasteiger partial charge is 0.341 e. The zero-order valence-corrected chi connectivity index (χ0v) is 17.2. The van der Waals surface area contributed by atoms with E-state index >= 15 is 0 Å². The lowest BCUT2D eigenvalue weighted by Gasteiger charge is -2.31. The number of nitrogens with one attached hydrogen (secondary N) is 1. The SMILES string of the molecule is Cc1ccccc1[C@H]1[C@@H]2CN(C(=O)CNC3CC3)C[C@@H]2CN1C(=O)CN(C)C. The average Bonchev–Trinajstić information content (AvgIpc) is 3.28. The molecule has 1 aromatic rings. The second kappa shape index (κ2) is 7.84. The van der Waals surface area contributed by atoms with Gasteiger partial charge in [0, 0.05) is 37.5 Å². The van der Waals surface area contributed by atoms with Gasteiger partial charge in [0.2, 0.25) is 11.8 Å². The van der Waals surface area contributed by atoms with Gasteiger partial charge in [-0.1, -0.05) is 24.3 Å². The van der Waals surface area contributed by atoms with E-state index < -0.39 is 0 Å². The van der Waals surface area contributed by atoms with Crippen LogP contribution in [0.3, 0.4) is 0 Å². The molecular weight excluding hydrogens is 352 g/mol. The Morgan fingerprint density at radius 3 is 2.54 bits per heavy atom. The van der Waals surface area contributed by atoms with Gasteiger partial charge < -0.3 is 20.0 Å². The minimum atomic E-state index is 0.0628. The Morgan fingerprint density at radius 2 is 1.86 bits per heavy atom. The van der Waals surface area contributed by atoms with Gasteiger partial charge in [0.1, 0.15) is 0 Å². The van der Waals surface area contributed by atoms with E-state index in [1.807, 2.05) is 30.0 Å². The van der Waals surface area contributed by atoms with Crippen LogP contribution in [0.2, 0.25) is 0 Å². The topological polar surface area (TPSA) is 55.9 Å². The van der Waals surface area contributed by atoms with E-state index in [0.717, 1.165) is 19.6 Å². The zero-order chi connectivity index (χ0) is 19.8. The first-order chi connectivity index (χ1) is 13.4. The van der Waals surface area contributed by atoms with E-state index in [1.165, 1.54) is 24.0 Å². The van der Waals surface area contributed by atoms with Crippen LogP contribution in [-0.2, 0) is 9.59 Å². The van der Waals surface area contributed by atoms with Gasteiger partial charge in [-0.05, 0) is 45.0 Å². The van der Waals surface area contributed by atoms with Crippen LogP contribution in [0, 0.1) is 18.8 Å². The first-order valence-corrected chi connectivity index (χ1v) is 10.4. The first kappa shape index (κ1) is 19.4. The highest BCUT2D eigenvalue weighted by molar-refractivity contribution is 5.80. The summed E-state index contributed by atoms with van der Waals surface area (Å²) >= 11 is 0. The summed E-state index contributed by atoms with van der Waals surface area (Å²) in [6, 6.07) is 8.98. The van der Waals surface area contributed by atoms with Crippen LogP contribution in [0.25, 0.3) is 0 Å². The van der Waals surface area contributed by atoms with Gasteiger partial charge in [0.25, 0.3) is 0 Å². The Morgan fingerprint density at radius 1 is 1.11 bits per heavy atom. The maximum absolute atomic E-state index is 13.0. The van der Waals surface area contributed by atoms with Crippen LogP contribution in [0.5, 0.6) is 0 Å². The fraction of sp³-hybridized carbons (Fsp3) is 0.636. The molecule has 3 aliphatic rings. The third-order valence-corrected chi connectivity index (χ3v) is 6.42. The van der Waals surface area contributed by atoms with Gasteiger partial charge >= 0.3 is 0 Å². The van der Waals surface area contributed by atoms with Crippen molar-refractivity contribution in [1.29, 1.82) is 0 Å². The smallest absolute Gasteiger partial charge is 0.237 e. The molecule has 1 aromatic carbocycles. The van der Waals surface area contributed by atoms with Gasteiger partial charge in [-0.3, -0.25) is 9.59 Å². The second-order valence-electron chi connectivity index (χ2n) is 8.96. The molecule has 152 valence electrons. The minimum Gasteiger partial charge on any atom is -0.341 e. The molecule has 3 fully saturated rings. The van der Waals surface area contributed by atoms with Crippen LogP contribution in [0.4, 0.5) is 0 Å². The molecule has 1 saturated carbocycles. The van der Waals surface area contributed by atoms with Crippen LogP contribution in [0.1, 0.15) is 30.0 Å². The number of benzene rings is 1. The van der Waals surface area contributed by atoms with Crippen molar-refractivity contribution >= 4 is 11.8 Å². The summed E-state index contributed by atoms with van der Waals surface area (Å²) in [6.45, 7) is 5.26. The van der Waals surface area contributed by atoms with Crippen molar-refractivity contribution in [2.75, 3.05) is 46.8 Å². The summed E-state index contributed by atoms with van der Waals surface area (Å²) < 4.78 is 0. The van der Waals surface area contributed by atoms with Crippen molar-refractivity contribution < 1.29 is 9.59 Å². The monoisotopic (exact) mass is 384 g/mol. The molecule has 2 amide bonds. The molecule has 28 heavy (non-hydrogen) atoms. The lowest BCUT2D eigenvalue weighted by molar-refractivity contribution is -0.133. The second-order valence-corrected chi connectivity index (χ2v) is 8.96. The van der Waals surface area contributed by atoms with Crippen LogP contribution in [0.15, 0.2) is 24.3 Å². The Hall–Kier alpha value is -1.92. The number of likely N-dealkylation sites (N-methyl/N-ethyl adjacent to an activating group) is 1. The molecule has 0 aromatic heterocycles. The molecule has 4 rings (SSSR count). The van der Waals surface area contributed by atoms with Crippen molar-refractivity contribution in [2.24, 2.45) is 11.8 Å². The number of rotatable bonds is 6. The lowest BCUT2D eigenvalue weighted by atomic mass is 9.87. The predicted molar refractivity (Wildman–Crippen MR) is 109 cm³/mol. The zero-order valence-electron chi connectivity index (χ0n) is 17.2. The Bertz CT molecular complexity index is 746. The summed E-state index contributed by atoms with van der Waals surface area (Å²) in [7, 11) is 3.87. The standard InChI is InChI=1S/C22H32N4O2/c1-15-6-4-5-7-18(15)22-19-13-25(20(27)10-23-17-8-9-17)11-16(19)12-26(22)21(28)14-24(2)3/h4-7,16-17,19,22-23H,8-14H2,1-3H3/t16-,19-,22+/m1/s1. The quantitative estimate of drug-likeness (QED) is 0.803. The molecule has 6 nitrogen and oxygen atoms in total. The summed E-state index contributed by atoms with van der Waals surface area (Å²) in [5.41, 5.74) is 2.45. The number of likely N-dealkylation sites (tertiary alicyclic amines) is 2. The molecule has 6 heteroatoms. The maximum Gasteiger partial charge on any atom is 0.237 e. The van der Waals surface area contributed by atoms with Crippen LogP contribution in [-0.4, -0.2) is 79.4 Å². The number of hydrogen-bond acceptors (Lipinski definition) is 4. The minimum absolute atomic E-state index is 0.0628. The van der Waals surface area contributed by atoms with Gasteiger partial charge in [-0.25, -0.2) is 0 Å². The number of aryl methyl sites for hydroxylation is 1. The van der Waals surface area contributed by atoms with E-state index in [4.69, 9.17) is 0 Å². The number of fused-ring (bicyclic) bond motifs is 1. The molecule has 2 heterocycles. The van der Waals surface area contributed by atoms with Crippen molar-refractivity contribution in [3.63, 3.8) is 0 Å². The fourth-order valence-electron chi connectivity index (χ4n) is 4.81. The Kier molecular flexibility index (Phi) is 5.43. The van der Waals surface area contributed by atoms with Crippen molar-refractivity contribution in [3.8, 4) is 0 Å². The van der Waals surface area contributed by atoms with Crippen LogP contribution >= 0.6 is 0 Å². The van der Waals surface area contributed by atoms with E-state index in [-0.39, 0.29) is 17.9 Å². The molecule has 0 bridgehead atoms. The van der Waals surface area contributed by atoms with E-state index in [2.05, 4.69) is 35.3 Å². The number of amides is 2. The van der Waals surface area contributed by atoms with Gasteiger partial charge in [0.05, 0.1) is 19.1 Å². The maximum atomic E-state index is 13.0. The highest BCUT2D eigenvalue weighted by Gasteiger charge is 2.50. The highest BCUT2D eigenvalue weighted by Crippen LogP contribution is 2.45. The molecule has 2 aliphatic heterocycles. The molecule has 0 radical (unpaired) electrons. The third kappa shape index (κ3) is 3.94.